The van der Waals surface area contributed by atoms with Gasteiger partial charge in [0.05, 0.1) is 12.1 Å². The first-order chi connectivity index (χ1) is 5.29. The van der Waals surface area contributed by atoms with Gasteiger partial charge in [-0.2, -0.15) is 0 Å². The third-order valence-electron chi connectivity index (χ3n) is 1.82. The number of rotatable bonds is 2. The van der Waals surface area contributed by atoms with Crippen molar-refractivity contribution in [2.75, 3.05) is 0 Å². The van der Waals surface area contributed by atoms with Crippen molar-refractivity contribution in [2.24, 2.45) is 5.73 Å². The van der Waals surface area contributed by atoms with Gasteiger partial charge in [-0.25, -0.2) is 4.68 Å². The van der Waals surface area contributed by atoms with Crippen LogP contribution in [0.3, 0.4) is 0 Å². The van der Waals surface area contributed by atoms with Crippen molar-refractivity contribution in [1.29, 1.82) is 0 Å². The second-order valence-corrected chi connectivity index (χ2v) is 3.00. The topological polar surface area (TPSA) is 69.6 Å². The van der Waals surface area contributed by atoms with Gasteiger partial charge in [0.15, 0.2) is 5.82 Å². The summed E-state index contributed by atoms with van der Waals surface area (Å²) in [7, 11) is 0. The monoisotopic (exact) mass is 189 g/mol. The van der Waals surface area contributed by atoms with E-state index in [0.717, 1.165) is 5.82 Å². The van der Waals surface area contributed by atoms with Crippen molar-refractivity contribution in [3.05, 3.63) is 5.82 Å². The number of aromatic nitrogens is 4. The molecule has 68 valence electrons. The van der Waals surface area contributed by atoms with E-state index in [2.05, 4.69) is 15.5 Å². The summed E-state index contributed by atoms with van der Waals surface area (Å²) < 4.78 is 1.84. The minimum absolute atomic E-state index is 0. The zero-order valence-electron chi connectivity index (χ0n) is 6.84. The molecule has 1 aromatic rings. The van der Waals surface area contributed by atoms with E-state index < -0.39 is 0 Å². The first-order valence-corrected chi connectivity index (χ1v) is 3.82. The van der Waals surface area contributed by atoms with Gasteiger partial charge in [0.1, 0.15) is 0 Å². The fourth-order valence-corrected chi connectivity index (χ4v) is 1.08. The Kier molecular flexibility index (Phi) is 2.64. The van der Waals surface area contributed by atoms with Crippen LogP contribution in [0.4, 0.5) is 0 Å². The maximum Gasteiger partial charge on any atom is 0.167 e. The molecular weight excluding hydrogens is 178 g/mol. The molecule has 1 atom stereocenters. The van der Waals surface area contributed by atoms with E-state index in [-0.39, 0.29) is 18.4 Å². The molecule has 1 aliphatic carbocycles. The SMILES string of the molecule is CC(N)c1nnnn1C1CC1.Cl. The molecule has 0 spiro atoms. The Labute approximate surface area is 76.7 Å². The fraction of sp³-hybridized carbons (Fsp3) is 0.833. The van der Waals surface area contributed by atoms with E-state index in [1.807, 2.05) is 11.6 Å². The minimum atomic E-state index is -0.0643. The molecule has 12 heavy (non-hydrogen) atoms. The van der Waals surface area contributed by atoms with E-state index in [4.69, 9.17) is 5.73 Å². The van der Waals surface area contributed by atoms with Gasteiger partial charge in [-0.05, 0) is 30.2 Å². The van der Waals surface area contributed by atoms with Crippen molar-refractivity contribution >= 4 is 12.4 Å². The summed E-state index contributed by atoms with van der Waals surface area (Å²) in [4.78, 5) is 0. The smallest absolute Gasteiger partial charge is 0.167 e. The average molecular weight is 190 g/mol. The first kappa shape index (κ1) is 9.41. The lowest BCUT2D eigenvalue weighted by Gasteiger charge is -2.03. The lowest BCUT2D eigenvalue weighted by atomic mass is 10.3. The lowest BCUT2D eigenvalue weighted by Crippen LogP contribution is -2.13. The van der Waals surface area contributed by atoms with Crippen LogP contribution in [0.5, 0.6) is 0 Å². The highest BCUT2D eigenvalue weighted by atomic mass is 35.5. The molecule has 5 nitrogen and oxygen atoms in total. The average Bonchev–Trinajstić information content (AvgIpc) is 2.68. The van der Waals surface area contributed by atoms with Crippen LogP contribution in [-0.4, -0.2) is 20.2 Å². The molecule has 6 heteroatoms. The molecule has 1 unspecified atom stereocenters. The molecule has 1 fully saturated rings. The van der Waals surface area contributed by atoms with Gasteiger partial charge in [-0.15, -0.1) is 17.5 Å². The molecule has 0 bridgehead atoms. The van der Waals surface area contributed by atoms with E-state index in [0.29, 0.717) is 6.04 Å². The van der Waals surface area contributed by atoms with Gasteiger partial charge in [-0.3, -0.25) is 0 Å². The van der Waals surface area contributed by atoms with Gasteiger partial charge in [0.2, 0.25) is 0 Å². The summed E-state index contributed by atoms with van der Waals surface area (Å²) in [5, 5.41) is 11.3. The second-order valence-electron chi connectivity index (χ2n) is 3.00. The van der Waals surface area contributed by atoms with E-state index in [9.17, 15) is 0 Å². The van der Waals surface area contributed by atoms with Gasteiger partial charge < -0.3 is 5.73 Å². The predicted molar refractivity (Wildman–Crippen MR) is 45.9 cm³/mol. The predicted octanol–water partition coefficient (Wildman–Crippen LogP) is 0.449. The molecule has 1 saturated carbocycles. The standard InChI is InChI=1S/C6H11N5.ClH/c1-4(7)6-8-9-10-11(6)5-2-3-5;/h4-5H,2-3,7H2,1H3;1H. The number of hydrogen-bond donors (Lipinski definition) is 1. The highest BCUT2D eigenvalue weighted by Gasteiger charge is 2.28. The van der Waals surface area contributed by atoms with Gasteiger partial charge in [0, 0.05) is 0 Å². The fourth-order valence-electron chi connectivity index (χ4n) is 1.08. The molecule has 1 aromatic heterocycles. The summed E-state index contributed by atoms with van der Waals surface area (Å²) in [6.45, 7) is 1.89. The van der Waals surface area contributed by atoms with Crippen LogP contribution in [0.25, 0.3) is 0 Å². The van der Waals surface area contributed by atoms with Crippen molar-refractivity contribution in [3.8, 4) is 0 Å². The Morgan fingerprint density at radius 2 is 2.25 bits per heavy atom. The quantitative estimate of drug-likeness (QED) is 0.734. The molecule has 0 aliphatic heterocycles. The zero-order valence-corrected chi connectivity index (χ0v) is 7.66. The highest BCUT2D eigenvalue weighted by molar-refractivity contribution is 5.85. The minimum Gasteiger partial charge on any atom is -0.322 e. The summed E-state index contributed by atoms with van der Waals surface area (Å²) >= 11 is 0. The highest BCUT2D eigenvalue weighted by Crippen LogP contribution is 2.34. The molecule has 0 radical (unpaired) electrons. The molecule has 2 rings (SSSR count). The molecule has 1 aliphatic rings. The van der Waals surface area contributed by atoms with Crippen LogP contribution < -0.4 is 5.73 Å². The number of nitrogens with two attached hydrogens (primary N) is 1. The summed E-state index contributed by atoms with van der Waals surface area (Å²) in [5.41, 5.74) is 5.66. The normalized spacial score (nSPS) is 18.5. The van der Waals surface area contributed by atoms with Crippen molar-refractivity contribution in [3.63, 3.8) is 0 Å². The Hall–Kier alpha value is -0.680. The third kappa shape index (κ3) is 1.56. The van der Waals surface area contributed by atoms with Crippen molar-refractivity contribution in [2.45, 2.75) is 31.8 Å². The third-order valence-corrected chi connectivity index (χ3v) is 1.82. The van der Waals surface area contributed by atoms with Crippen LogP contribution in [0.2, 0.25) is 0 Å². The van der Waals surface area contributed by atoms with E-state index in [1.165, 1.54) is 12.8 Å². The van der Waals surface area contributed by atoms with Gasteiger partial charge in [0.25, 0.3) is 0 Å². The van der Waals surface area contributed by atoms with Crippen molar-refractivity contribution < 1.29 is 0 Å². The maximum atomic E-state index is 5.66. The Balaban J connectivity index is 0.000000720. The van der Waals surface area contributed by atoms with Crippen LogP contribution in [0, 0.1) is 0 Å². The molecule has 0 saturated heterocycles. The molecule has 1 heterocycles. The van der Waals surface area contributed by atoms with Crippen LogP contribution >= 0.6 is 12.4 Å². The van der Waals surface area contributed by atoms with Crippen LogP contribution in [-0.2, 0) is 0 Å². The maximum absolute atomic E-state index is 5.66. The number of nitrogens with zero attached hydrogens (tertiary/aromatic N) is 4. The van der Waals surface area contributed by atoms with Crippen molar-refractivity contribution in [1.82, 2.24) is 20.2 Å². The molecule has 0 aromatic carbocycles. The Morgan fingerprint density at radius 3 is 2.75 bits per heavy atom. The summed E-state index contributed by atoms with van der Waals surface area (Å²) in [6.07, 6.45) is 2.37. The Bertz CT molecular complexity index is 238. The van der Waals surface area contributed by atoms with E-state index >= 15 is 0 Å². The zero-order chi connectivity index (χ0) is 7.84. The number of hydrogen-bond acceptors (Lipinski definition) is 4. The number of tetrazole rings is 1. The second kappa shape index (κ2) is 3.37. The summed E-state index contributed by atoms with van der Waals surface area (Å²) in [6, 6.07) is 0.455. The lowest BCUT2D eigenvalue weighted by molar-refractivity contribution is 0.557. The van der Waals surface area contributed by atoms with E-state index in [1.54, 1.807) is 0 Å². The van der Waals surface area contributed by atoms with Gasteiger partial charge >= 0.3 is 0 Å². The first-order valence-electron chi connectivity index (χ1n) is 3.82. The largest absolute Gasteiger partial charge is 0.322 e. The molecular formula is C6H12ClN5. The Morgan fingerprint density at radius 1 is 1.58 bits per heavy atom. The summed E-state index contributed by atoms with van der Waals surface area (Å²) in [5.74, 6) is 0.799. The molecule has 2 N–H and O–H groups in total. The molecule has 0 amide bonds. The van der Waals surface area contributed by atoms with Crippen LogP contribution in [0.15, 0.2) is 0 Å². The number of halogens is 1. The van der Waals surface area contributed by atoms with Gasteiger partial charge in [-0.1, -0.05) is 0 Å². The van der Waals surface area contributed by atoms with Crippen LogP contribution in [0.1, 0.15) is 37.7 Å².